The first kappa shape index (κ1) is 20.0. The van der Waals surface area contributed by atoms with Gasteiger partial charge in [0.2, 0.25) is 5.91 Å². The molecule has 3 N–H and O–H groups in total. The van der Waals surface area contributed by atoms with E-state index in [9.17, 15) is 14.4 Å². The van der Waals surface area contributed by atoms with Crippen molar-refractivity contribution in [3.8, 4) is 0 Å². The van der Waals surface area contributed by atoms with E-state index in [-0.39, 0.29) is 35.9 Å². The smallest absolute Gasteiger partial charge is 0.305 e. The van der Waals surface area contributed by atoms with Crippen LogP contribution < -0.4 is 10.6 Å². The highest BCUT2D eigenvalue weighted by molar-refractivity contribution is 8.00. The monoisotopic (exact) mass is 352 g/mol. The number of carbonyl (C=O) groups is 3. The number of amides is 2. The van der Waals surface area contributed by atoms with E-state index >= 15 is 0 Å². The predicted molar refractivity (Wildman–Crippen MR) is 96.4 cm³/mol. The Bertz CT molecular complexity index is 572. The highest BCUT2D eigenvalue weighted by Gasteiger charge is 2.22. The van der Waals surface area contributed by atoms with E-state index in [1.54, 1.807) is 36.0 Å². The minimum atomic E-state index is -0.960. The second-order valence-electron chi connectivity index (χ2n) is 5.59. The Morgan fingerprint density at radius 2 is 1.79 bits per heavy atom. The van der Waals surface area contributed by atoms with E-state index in [1.165, 1.54) is 0 Å². The second-order valence-corrected chi connectivity index (χ2v) is 7.00. The van der Waals surface area contributed by atoms with Crippen molar-refractivity contribution in [3.05, 3.63) is 29.8 Å². The molecule has 1 aromatic carbocycles. The van der Waals surface area contributed by atoms with E-state index in [0.29, 0.717) is 11.3 Å². The van der Waals surface area contributed by atoms with Crippen molar-refractivity contribution < 1.29 is 19.5 Å². The van der Waals surface area contributed by atoms with Crippen molar-refractivity contribution in [2.45, 2.75) is 32.4 Å². The number of anilines is 1. The zero-order chi connectivity index (χ0) is 18.1. The number of rotatable bonds is 9. The molecule has 1 aromatic rings. The fraction of sp³-hybridized carbons (Fsp3) is 0.471. The molecule has 1 atom stereocenters. The Morgan fingerprint density at radius 1 is 1.17 bits per heavy atom. The van der Waals surface area contributed by atoms with Gasteiger partial charge >= 0.3 is 5.97 Å². The number of aliphatic carboxylic acids is 1. The van der Waals surface area contributed by atoms with Crippen molar-refractivity contribution in [2.75, 3.05) is 17.6 Å². The summed E-state index contributed by atoms with van der Waals surface area (Å²) in [6.07, 6.45) is -0.119. The van der Waals surface area contributed by atoms with Crippen LogP contribution in [0.15, 0.2) is 24.3 Å². The number of nitrogens with one attached hydrogen (secondary N) is 2. The van der Waals surface area contributed by atoms with E-state index in [1.807, 2.05) is 20.8 Å². The summed E-state index contributed by atoms with van der Waals surface area (Å²) in [5, 5.41) is 13.8. The molecule has 0 aliphatic heterocycles. The van der Waals surface area contributed by atoms with Gasteiger partial charge in [-0.3, -0.25) is 14.4 Å². The Hall–Kier alpha value is -2.02. The van der Waals surface area contributed by atoms with Crippen LogP contribution in [0.2, 0.25) is 0 Å². The molecule has 7 heteroatoms. The molecule has 0 aliphatic rings. The lowest BCUT2D eigenvalue weighted by molar-refractivity contribution is -0.136. The van der Waals surface area contributed by atoms with Gasteiger partial charge in [0.25, 0.3) is 5.91 Å². The van der Waals surface area contributed by atoms with Crippen LogP contribution in [-0.2, 0) is 9.59 Å². The highest BCUT2D eigenvalue weighted by atomic mass is 32.2. The fourth-order valence-electron chi connectivity index (χ4n) is 2.05. The van der Waals surface area contributed by atoms with Gasteiger partial charge in [-0.15, -0.1) is 11.8 Å². The topological polar surface area (TPSA) is 95.5 Å². The predicted octanol–water partition coefficient (Wildman–Crippen LogP) is 2.61. The number of carbonyl (C=O) groups excluding carboxylic acids is 2. The van der Waals surface area contributed by atoms with Gasteiger partial charge < -0.3 is 15.7 Å². The van der Waals surface area contributed by atoms with Gasteiger partial charge in [0.1, 0.15) is 0 Å². The zero-order valence-corrected chi connectivity index (χ0v) is 15.0. The Labute approximate surface area is 146 Å². The van der Waals surface area contributed by atoms with Crippen LogP contribution in [0.3, 0.4) is 0 Å². The Kier molecular flexibility index (Phi) is 8.32. The number of hydrogen-bond donors (Lipinski definition) is 3. The van der Waals surface area contributed by atoms with Gasteiger partial charge in [-0.25, -0.2) is 0 Å². The van der Waals surface area contributed by atoms with Crippen LogP contribution >= 0.6 is 11.8 Å². The van der Waals surface area contributed by atoms with Crippen molar-refractivity contribution in [3.63, 3.8) is 0 Å². The number of thioether (sulfide) groups is 1. The summed E-state index contributed by atoms with van der Waals surface area (Å²) in [5.74, 6) is -0.246. The highest BCUT2D eigenvalue weighted by Crippen LogP contribution is 2.21. The number of carboxylic acid groups (broad SMARTS) is 1. The first-order chi connectivity index (χ1) is 11.3. The van der Waals surface area contributed by atoms with Crippen molar-refractivity contribution >= 4 is 35.2 Å². The molecule has 0 radical (unpaired) electrons. The molecule has 0 aromatic heterocycles. The van der Waals surface area contributed by atoms with Crippen LogP contribution in [0.1, 0.15) is 37.6 Å². The molecule has 6 nitrogen and oxygen atoms in total. The van der Waals surface area contributed by atoms with Crippen molar-refractivity contribution in [1.82, 2.24) is 5.32 Å². The van der Waals surface area contributed by atoms with Crippen LogP contribution in [0, 0.1) is 5.92 Å². The van der Waals surface area contributed by atoms with E-state index in [2.05, 4.69) is 10.6 Å². The maximum Gasteiger partial charge on any atom is 0.305 e. The summed E-state index contributed by atoms with van der Waals surface area (Å²) in [5.41, 5.74) is 1.05. The molecule has 0 spiro atoms. The van der Waals surface area contributed by atoms with Gasteiger partial charge in [0.15, 0.2) is 0 Å². The van der Waals surface area contributed by atoms with Crippen LogP contribution in [0.25, 0.3) is 0 Å². The summed E-state index contributed by atoms with van der Waals surface area (Å²) in [6, 6.07) is 6.53. The molecule has 0 bridgehead atoms. The van der Waals surface area contributed by atoms with E-state index in [4.69, 9.17) is 5.11 Å². The average Bonchev–Trinajstić information content (AvgIpc) is 2.52. The number of hydrogen-bond acceptors (Lipinski definition) is 4. The molecular weight excluding hydrogens is 328 g/mol. The lowest BCUT2D eigenvalue weighted by Crippen LogP contribution is -2.30. The third-order valence-corrected chi connectivity index (χ3v) is 4.70. The summed E-state index contributed by atoms with van der Waals surface area (Å²) < 4.78 is 0. The molecule has 132 valence electrons. The third-order valence-electron chi connectivity index (χ3n) is 3.25. The first-order valence-corrected chi connectivity index (χ1v) is 8.92. The summed E-state index contributed by atoms with van der Waals surface area (Å²) in [7, 11) is 0. The number of benzene rings is 1. The molecule has 0 heterocycles. The summed E-state index contributed by atoms with van der Waals surface area (Å²) in [6.45, 7) is 6.12. The zero-order valence-electron chi connectivity index (χ0n) is 14.2. The van der Waals surface area contributed by atoms with Gasteiger partial charge in [0.05, 0.1) is 11.7 Å². The summed E-state index contributed by atoms with van der Waals surface area (Å²) in [4.78, 5) is 34.6. The number of carboxylic acids is 1. The standard InChI is InChI=1S/C17H24N2O4S/c1-4-24-15(11(2)3)17(23)19-13-7-5-12(6-8-13)16(22)18-10-9-14(20)21/h5-8,11,15H,4,9-10H2,1-3H3,(H,18,22)(H,19,23)(H,20,21). The molecule has 0 aliphatic carbocycles. The van der Waals surface area contributed by atoms with Crippen LogP contribution in [0.4, 0.5) is 5.69 Å². The first-order valence-electron chi connectivity index (χ1n) is 7.87. The quantitative estimate of drug-likeness (QED) is 0.635. The molecule has 1 rings (SSSR count). The minimum Gasteiger partial charge on any atom is -0.481 e. The minimum absolute atomic E-state index is 0.0458. The lowest BCUT2D eigenvalue weighted by atomic mass is 10.1. The van der Waals surface area contributed by atoms with Gasteiger partial charge in [-0.2, -0.15) is 0 Å². The largest absolute Gasteiger partial charge is 0.481 e. The normalized spacial score (nSPS) is 11.8. The molecule has 1 unspecified atom stereocenters. The van der Waals surface area contributed by atoms with Crippen LogP contribution in [0.5, 0.6) is 0 Å². The molecular formula is C17H24N2O4S. The lowest BCUT2D eigenvalue weighted by Gasteiger charge is -2.19. The molecule has 0 saturated heterocycles. The van der Waals surface area contributed by atoms with E-state index in [0.717, 1.165) is 5.75 Å². The average molecular weight is 352 g/mol. The summed E-state index contributed by atoms with van der Waals surface area (Å²) >= 11 is 1.61. The van der Waals surface area contributed by atoms with Gasteiger partial charge in [-0.05, 0) is 35.9 Å². The van der Waals surface area contributed by atoms with E-state index < -0.39 is 5.97 Å². The maximum absolute atomic E-state index is 12.3. The third kappa shape index (κ3) is 6.62. The molecule has 0 saturated carbocycles. The maximum atomic E-state index is 12.3. The molecule has 0 fully saturated rings. The Balaban J connectivity index is 2.62. The SMILES string of the molecule is CCSC(C(=O)Nc1ccc(C(=O)NCCC(=O)O)cc1)C(C)C. The van der Waals surface area contributed by atoms with Gasteiger partial charge in [-0.1, -0.05) is 20.8 Å². The Morgan fingerprint density at radius 3 is 2.29 bits per heavy atom. The molecule has 24 heavy (non-hydrogen) atoms. The second kappa shape index (κ2) is 9.97. The van der Waals surface area contributed by atoms with Crippen LogP contribution in [-0.4, -0.2) is 40.4 Å². The van der Waals surface area contributed by atoms with Crippen molar-refractivity contribution in [1.29, 1.82) is 0 Å². The fourth-order valence-corrected chi connectivity index (χ4v) is 3.01. The molecule has 2 amide bonds. The van der Waals surface area contributed by atoms with Crippen molar-refractivity contribution in [2.24, 2.45) is 5.92 Å². The van der Waals surface area contributed by atoms with Gasteiger partial charge in [0, 0.05) is 17.8 Å².